The van der Waals surface area contributed by atoms with E-state index in [-0.39, 0.29) is 12.4 Å². The van der Waals surface area contributed by atoms with Crippen molar-refractivity contribution in [3.8, 4) is 17.6 Å². The Bertz CT molecular complexity index is 599. The summed E-state index contributed by atoms with van der Waals surface area (Å²) in [6, 6.07) is 7.09. The predicted molar refractivity (Wildman–Crippen MR) is 76.6 cm³/mol. The molecule has 0 bridgehead atoms. The molecule has 0 aromatic heterocycles. The molecular weight excluding hydrogens is 270 g/mol. The van der Waals surface area contributed by atoms with Gasteiger partial charge >= 0.3 is 5.97 Å². The molecule has 0 unspecified atom stereocenters. The van der Waals surface area contributed by atoms with Gasteiger partial charge in [0.1, 0.15) is 11.6 Å². The van der Waals surface area contributed by atoms with E-state index in [1.807, 2.05) is 19.9 Å². The van der Waals surface area contributed by atoms with Crippen molar-refractivity contribution in [3.05, 3.63) is 29.3 Å². The lowest BCUT2D eigenvalue weighted by Crippen LogP contribution is -2.09. The minimum absolute atomic E-state index is 0.0300. The Labute approximate surface area is 123 Å². The predicted octanol–water partition coefficient (Wildman–Crippen LogP) is 2.91. The van der Waals surface area contributed by atoms with Crippen molar-refractivity contribution >= 4 is 12.0 Å². The lowest BCUT2D eigenvalue weighted by Gasteiger charge is -2.06. The van der Waals surface area contributed by atoms with Crippen molar-refractivity contribution in [2.45, 2.75) is 20.3 Å². The van der Waals surface area contributed by atoms with E-state index in [4.69, 9.17) is 19.5 Å². The summed E-state index contributed by atoms with van der Waals surface area (Å²) < 4.78 is 15.5. The highest BCUT2D eigenvalue weighted by Gasteiger charge is 2.15. The molecule has 0 aliphatic carbocycles. The van der Waals surface area contributed by atoms with E-state index >= 15 is 0 Å². The average molecular weight is 287 g/mol. The molecule has 5 heteroatoms. The summed E-state index contributed by atoms with van der Waals surface area (Å²) in [5.74, 6) is 1.11. The maximum absolute atomic E-state index is 11.8. The second-order valence-corrected chi connectivity index (χ2v) is 5.10. The first kappa shape index (κ1) is 14.9. The minimum Gasteiger partial charge on any atom is -0.462 e. The van der Waals surface area contributed by atoms with E-state index in [2.05, 4.69) is 0 Å². The number of fused-ring (bicyclic) bond motifs is 1. The van der Waals surface area contributed by atoms with E-state index in [0.717, 1.165) is 6.42 Å². The summed E-state index contributed by atoms with van der Waals surface area (Å²) in [7, 11) is 0. The van der Waals surface area contributed by atoms with Gasteiger partial charge in [0.15, 0.2) is 11.5 Å². The van der Waals surface area contributed by atoms with Gasteiger partial charge in [-0.15, -0.1) is 0 Å². The third-order valence-corrected chi connectivity index (χ3v) is 2.98. The molecule has 0 spiro atoms. The summed E-state index contributed by atoms with van der Waals surface area (Å²) in [5, 5.41) is 9.08. The first-order valence-electron chi connectivity index (χ1n) is 6.78. The molecule has 0 radical (unpaired) electrons. The van der Waals surface area contributed by atoms with Crippen LogP contribution < -0.4 is 9.47 Å². The number of carbonyl (C=O) groups is 1. The fourth-order valence-electron chi connectivity index (χ4n) is 1.77. The molecule has 0 N–H and O–H groups in total. The van der Waals surface area contributed by atoms with Gasteiger partial charge < -0.3 is 14.2 Å². The van der Waals surface area contributed by atoms with Gasteiger partial charge in [-0.25, -0.2) is 4.79 Å². The quantitative estimate of drug-likeness (QED) is 0.473. The summed E-state index contributed by atoms with van der Waals surface area (Å²) >= 11 is 0. The Morgan fingerprint density at radius 2 is 2.19 bits per heavy atom. The highest BCUT2D eigenvalue weighted by Crippen LogP contribution is 2.33. The Balaban J connectivity index is 2.06. The maximum Gasteiger partial charge on any atom is 0.348 e. The Morgan fingerprint density at radius 3 is 2.90 bits per heavy atom. The molecule has 2 rings (SSSR count). The molecule has 1 aliphatic heterocycles. The van der Waals surface area contributed by atoms with E-state index in [1.165, 1.54) is 6.08 Å². The number of hydrogen-bond acceptors (Lipinski definition) is 5. The number of hydrogen-bond donors (Lipinski definition) is 0. The first-order chi connectivity index (χ1) is 10.1. The molecular formula is C16H17NO4. The largest absolute Gasteiger partial charge is 0.462 e. The standard InChI is InChI=1S/C16H17NO4/c1-11(2)5-6-19-16(18)13(9-17)7-12-3-4-14-15(8-12)21-10-20-14/h3-4,7-8,11H,5-6,10H2,1-2H3. The molecule has 21 heavy (non-hydrogen) atoms. The minimum atomic E-state index is -0.601. The second-order valence-electron chi connectivity index (χ2n) is 5.10. The smallest absolute Gasteiger partial charge is 0.348 e. The van der Waals surface area contributed by atoms with Crippen molar-refractivity contribution < 1.29 is 19.0 Å². The van der Waals surface area contributed by atoms with E-state index in [9.17, 15) is 4.79 Å². The van der Waals surface area contributed by atoms with Crippen LogP contribution in [0, 0.1) is 17.2 Å². The van der Waals surface area contributed by atoms with E-state index in [0.29, 0.717) is 29.6 Å². The fraction of sp³-hybridized carbons (Fsp3) is 0.375. The van der Waals surface area contributed by atoms with Crippen LogP contribution in [0.2, 0.25) is 0 Å². The van der Waals surface area contributed by atoms with Gasteiger partial charge in [0.05, 0.1) is 6.61 Å². The highest BCUT2D eigenvalue weighted by molar-refractivity contribution is 5.97. The van der Waals surface area contributed by atoms with E-state index < -0.39 is 5.97 Å². The topological polar surface area (TPSA) is 68.6 Å². The molecule has 0 atom stereocenters. The molecule has 1 aromatic carbocycles. The summed E-state index contributed by atoms with van der Waals surface area (Å²) in [6.45, 7) is 4.59. The summed E-state index contributed by atoms with van der Waals surface area (Å²) in [6.07, 6.45) is 2.26. The zero-order valence-corrected chi connectivity index (χ0v) is 12.1. The van der Waals surface area contributed by atoms with Gasteiger partial charge in [-0.3, -0.25) is 0 Å². The van der Waals surface area contributed by atoms with Crippen molar-refractivity contribution in [3.63, 3.8) is 0 Å². The monoisotopic (exact) mass is 287 g/mol. The van der Waals surface area contributed by atoms with Crippen LogP contribution in [0.3, 0.4) is 0 Å². The summed E-state index contributed by atoms with van der Waals surface area (Å²) in [5.41, 5.74) is 0.661. The number of ether oxygens (including phenoxy) is 3. The number of rotatable bonds is 5. The Kier molecular flexibility index (Phi) is 4.83. The van der Waals surface area contributed by atoms with Crippen LogP contribution in [0.5, 0.6) is 11.5 Å². The molecule has 0 saturated heterocycles. The third-order valence-electron chi connectivity index (χ3n) is 2.98. The third kappa shape index (κ3) is 3.99. The lowest BCUT2D eigenvalue weighted by atomic mass is 10.1. The van der Waals surface area contributed by atoms with Crippen LogP contribution in [0.4, 0.5) is 0 Å². The molecule has 0 fully saturated rings. The van der Waals surface area contributed by atoms with Crippen molar-refractivity contribution in [2.24, 2.45) is 5.92 Å². The number of carbonyl (C=O) groups excluding carboxylic acids is 1. The molecule has 5 nitrogen and oxygen atoms in total. The van der Waals surface area contributed by atoms with Crippen LogP contribution in [-0.2, 0) is 9.53 Å². The van der Waals surface area contributed by atoms with Gasteiger partial charge in [0.25, 0.3) is 0 Å². The van der Waals surface area contributed by atoms with Crippen LogP contribution in [0.25, 0.3) is 6.08 Å². The normalized spacial score (nSPS) is 13.1. The van der Waals surface area contributed by atoms with Gasteiger partial charge in [-0.1, -0.05) is 19.9 Å². The van der Waals surface area contributed by atoms with Gasteiger partial charge in [-0.05, 0) is 36.1 Å². The second kappa shape index (κ2) is 6.80. The molecule has 0 saturated carbocycles. The molecule has 110 valence electrons. The number of nitriles is 1. The van der Waals surface area contributed by atoms with Crippen LogP contribution in [0.15, 0.2) is 23.8 Å². The first-order valence-corrected chi connectivity index (χ1v) is 6.78. The Morgan fingerprint density at radius 1 is 1.43 bits per heavy atom. The number of nitrogens with zero attached hydrogens (tertiary/aromatic N) is 1. The molecule has 1 aromatic rings. The van der Waals surface area contributed by atoms with Gasteiger partial charge in [0.2, 0.25) is 6.79 Å². The number of esters is 1. The van der Waals surface area contributed by atoms with Crippen LogP contribution >= 0.6 is 0 Å². The highest BCUT2D eigenvalue weighted by atomic mass is 16.7. The zero-order valence-electron chi connectivity index (χ0n) is 12.1. The zero-order chi connectivity index (χ0) is 15.2. The summed E-state index contributed by atoms with van der Waals surface area (Å²) in [4.78, 5) is 11.8. The molecule has 0 amide bonds. The van der Waals surface area contributed by atoms with Crippen molar-refractivity contribution in [1.29, 1.82) is 5.26 Å². The van der Waals surface area contributed by atoms with Gasteiger partial charge in [0, 0.05) is 0 Å². The fourth-order valence-corrected chi connectivity index (χ4v) is 1.77. The Hall–Kier alpha value is -2.48. The average Bonchev–Trinajstić information content (AvgIpc) is 2.91. The van der Waals surface area contributed by atoms with Crippen LogP contribution in [-0.4, -0.2) is 19.4 Å². The molecule has 1 heterocycles. The maximum atomic E-state index is 11.8. The lowest BCUT2D eigenvalue weighted by molar-refractivity contribution is -0.138. The van der Waals surface area contributed by atoms with Crippen molar-refractivity contribution in [1.82, 2.24) is 0 Å². The van der Waals surface area contributed by atoms with Crippen molar-refractivity contribution in [2.75, 3.05) is 13.4 Å². The number of benzene rings is 1. The molecule has 1 aliphatic rings. The van der Waals surface area contributed by atoms with Crippen LogP contribution in [0.1, 0.15) is 25.8 Å². The van der Waals surface area contributed by atoms with E-state index in [1.54, 1.807) is 18.2 Å². The SMILES string of the molecule is CC(C)CCOC(=O)C(C#N)=Cc1ccc2c(c1)OCO2. The van der Waals surface area contributed by atoms with Gasteiger partial charge in [-0.2, -0.15) is 5.26 Å².